The van der Waals surface area contributed by atoms with Gasteiger partial charge in [0.2, 0.25) is 5.91 Å². The summed E-state index contributed by atoms with van der Waals surface area (Å²) in [5, 5.41) is 21.6. The van der Waals surface area contributed by atoms with Crippen LogP contribution in [0.2, 0.25) is 0 Å². The van der Waals surface area contributed by atoms with Gasteiger partial charge in [-0.15, -0.1) is 11.8 Å². The Morgan fingerprint density at radius 2 is 1.59 bits per heavy atom. The molecule has 10 heteroatoms. The molecule has 0 unspecified atom stereocenters. The maximum Gasteiger partial charge on any atom is 0.336 e. The first-order chi connectivity index (χ1) is 18.9. The molecule has 4 aromatic carbocycles. The lowest BCUT2D eigenvalue weighted by molar-refractivity contribution is -0.117. The fraction of sp³-hybridized carbons (Fsp3) is 0.0690. The number of fused-ring (bicyclic) bond motifs is 1. The van der Waals surface area contributed by atoms with E-state index in [1.807, 2.05) is 12.1 Å². The molecular formula is C29H22N4O5S. The number of thioether (sulfide) groups is 1. The number of hydrazone groups is 1. The average molecular weight is 539 g/mol. The summed E-state index contributed by atoms with van der Waals surface area (Å²) in [6, 6.07) is 25.9. The molecule has 4 aromatic rings. The lowest BCUT2D eigenvalue weighted by Crippen LogP contribution is -2.31. The van der Waals surface area contributed by atoms with Crippen molar-refractivity contribution in [1.29, 1.82) is 0 Å². The molecule has 5 rings (SSSR count). The van der Waals surface area contributed by atoms with Crippen LogP contribution in [0.1, 0.15) is 27.1 Å². The van der Waals surface area contributed by atoms with Crippen LogP contribution in [0.25, 0.3) is 10.8 Å². The van der Waals surface area contributed by atoms with Gasteiger partial charge in [-0.1, -0.05) is 48.5 Å². The molecule has 9 nitrogen and oxygen atoms in total. The number of hydrogen-bond donors (Lipinski definition) is 3. The summed E-state index contributed by atoms with van der Waals surface area (Å²) in [6.45, 7) is 0. The van der Waals surface area contributed by atoms with Gasteiger partial charge in [-0.05, 0) is 47.9 Å². The van der Waals surface area contributed by atoms with E-state index in [0.29, 0.717) is 22.1 Å². The van der Waals surface area contributed by atoms with E-state index in [4.69, 9.17) is 0 Å². The summed E-state index contributed by atoms with van der Waals surface area (Å²) in [4.78, 5) is 50.4. The number of anilines is 2. The summed E-state index contributed by atoms with van der Waals surface area (Å²) in [5.41, 5.74) is 1.43. The number of nitrogens with one attached hydrogen (secondary N) is 2. The van der Waals surface area contributed by atoms with Crippen LogP contribution in [0.15, 0.2) is 101 Å². The van der Waals surface area contributed by atoms with Gasteiger partial charge in [0, 0.05) is 21.5 Å². The van der Waals surface area contributed by atoms with Crippen LogP contribution < -0.4 is 15.6 Å². The molecular weight excluding hydrogens is 516 g/mol. The quantitative estimate of drug-likeness (QED) is 0.292. The van der Waals surface area contributed by atoms with Crippen molar-refractivity contribution in [2.24, 2.45) is 5.10 Å². The minimum absolute atomic E-state index is 0.00454. The fourth-order valence-corrected chi connectivity index (χ4v) is 4.94. The van der Waals surface area contributed by atoms with Crippen molar-refractivity contribution >= 4 is 63.4 Å². The van der Waals surface area contributed by atoms with Crippen molar-refractivity contribution in [3.8, 4) is 0 Å². The molecule has 0 atom stereocenters. The number of nitrogens with zero attached hydrogens (tertiary/aromatic N) is 2. The molecule has 0 aromatic heterocycles. The summed E-state index contributed by atoms with van der Waals surface area (Å²) in [7, 11) is 0. The summed E-state index contributed by atoms with van der Waals surface area (Å²) in [6.07, 6.45) is 0.00454. The van der Waals surface area contributed by atoms with Gasteiger partial charge >= 0.3 is 5.97 Å². The second-order valence-electron chi connectivity index (χ2n) is 8.60. The molecule has 1 heterocycles. The number of carbonyl (C=O) groups is 4. The molecule has 1 aliphatic rings. The van der Waals surface area contributed by atoms with E-state index < -0.39 is 11.9 Å². The second kappa shape index (κ2) is 11.2. The molecule has 0 radical (unpaired) electrons. The number of carbonyl (C=O) groups excluding carboxylic acids is 3. The third kappa shape index (κ3) is 5.81. The van der Waals surface area contributed by atoms with E-state index in [1.165, 1.54) is 22.8 Å². The monoisotopic (exact) mass is 538 g/mol. The van der Waals surface area contributed by atoms with Gasteiger partial charge in [-0.2, -0.15) is 10.1 Å². The van der Waals surface area contributed by atoms with Crippen molar-refractivity contribution in [3.05, 3.63) is 102 Å². The minimum atomic E-state index is -1.11. The predicted octanol–water partition coefficient (Wildman–Crippen LogP) is 4.75. The van der Waals surface area contributed by atoms with E-state index in [0.717, 1.165) is 4.90 Å². The maximum atomic E-state index is 13.1. The number of amidine groups is 1. The highest BCUT2D eigenvalue weighted by atomic mass is 32.2. The second-order valence-corrected chi connectivity index (χ2v) is 9.65. The van der Waals surface area contributed by atoms with E-state index >= 15 is 0 Å². The number of amides is 3. The number of hydrogen-bond acceptors (Lipinski definition) is 6. The third-order valence-corrected chi connectivity index (χ3v) is 6.90. The molecule has 0 spiro atoms. The zero-order valence-corrected chi connectivity index (χ0v) is 21.3. The van der Waals surface area contributed by atoms with E-state index in [2.05, 4.69) is 15.7 Å². The van der Waals surface area contributed by atoms with Crippen LogP contribution in [0.3, 0.4) is 0 Å². The van der Waals surface area contributed by atoms with Crippen molar-refractivity contribution < 1.29 is 24.3 Å². The molecule has 0 bridgehead atoms. The van der Waals surface area contributed by atoms with Gasteiger partial charge in [0.05, 0.1) is 23.4 Å². The molecule has 0 saturated heterocycles. The number of para-hydroxylation sites is 1. The highest BCUT2D eigenvalue weighted by molar-refractivity contribution is 8.00. The molecule has 39 heavy (non-hydrogen) atoms. The topological polar surface area (TPSA) is 128 Å². The molecule has 1 aliphatic heterocycles. The first kappa shape index (κ1) is 25.7. The Kier molecular flexibility index (Phi) is 7.37. The standard InChI is InChI=1S/C29H22N4O5S/c34-25(31-24-16-26(35)33(32-24)20-10-2-1-3-11-20)17-39-21-12-6-9-19(15-21)30-28(36)22-13-4-7-18-8-5-14-23(27(18)22)29(37)38/h1-15H,16-17H2,(H,30,36)(H,37,38)(H,31,32,34). The molecule has 3 amide bonds. The van der Waals surface area contributed by atoms with Gasteiger partial charge in [0.1, 0.15) is 5.84 Å². The van der Waals surface area contributed by atoms with Crippen LogP contribution in [0, 0.1) is 0 Å². The van der Waals surface area contributed by atoms with Crippen LogP contribution >= 0.6 is 11.8 Å². The third-order valence-electron chi connectivity index (χ3n) is 5.90. The van der Waals surface area contributed by atoms with Crippen LogP contribution in [0.5, 0.6) is 0 Å². The SMILES string of the molecule is O=C(CSc1cccc(NC(=O)c2cccc3cccc(C(=O)O)c23)c1)NC1=NN(c2ccccc2)C(=O)C1. The zero-order valence-electron chi connectivity index (χ0n) is 20.5. The van der Waals surface area contributed by atoms with Gasteiger partial charge in [-0.3, -0.25) is 14.4 Å². The molecule has 0 aliphatic carbocycles. The van der Waals surface area contributed by atoms with Crippen LogP contribution in [-0.2, 0) is 9.59 Å². The average Bonchev–Trinajstić information content (AvgIpc) is 3.31. The van der Waals surface area contributed by atoms with Crippen molar-refractivity contribution in [2.75, 3.05) is 16.1 Å². The van der Waals surface area contributed by atoms with E-state index in [9.17, 15) is 24.3 Å². The van der Waals surface area contributed by atoms with E-state index in [1.54, 1.807) is 72.8 Å². The van der Waals surface area contributed by atoms with Crippen molar-refractivity contribution in [2.45, 2.75) is 11.3 Å². The predicted molar refractivity (Wildman–Crippen MR) is 150 cm³/mol. The highest BCUT2D eigenvalue weighted by Crippen LogP contribution is 2.26. The Morgan fingerprint density at radius 3 is 2.33 bits per heavy atom. The maximum absolute atomic E-state index is 13.1. The first-order valence-electron chi connectivity index (χ1n) is 11.9. The Morgan fingerprint density at radius 1 is 0.872 bits per heavy atom. The number of carboxylic acid groups (broad SMARTS) is 1. The Hall–Kier alpha value is -4.96. The number of rotatable bonds is 7. The van der Waals surface area contributed by atoms with Gasteiger partial charge in [-0.25, -0.2) is 4.79 Å². The van der Waals surface area contributed by atoms with Gasteiger partial charge < -0.3 is 15.7 Å². The van der Waals surface area contributed by atoms with E-state index in [-0.39, 0.29) is 41.0 Å². The van der Waals surface area contributed by atoms with Crippen LogP contribution in [-0.4, -0.2) is 40.4 Å². The molecule has 0 fully saturated rings. The lowest BCUT2D eigenvalue weighted by Gasteiger charge is -2.11. The normalized spacial score (nSPS) is 12.8. The minimum Gasteiger partial charge on any atom is -0.478 e. The number of carboxylic acids is 1. The summed E-state index contributed by atoms with van der Waals surface area (Å²) >= 11 is 1.26. The smallest absolute Gasteiger partial charge is 0.336 e. The van der Waals surface area contributed by atoms with Gasteiger partial charge in [0.15, 0.2) is 0 Å². The van der Waals surface area contributed by atoms with Crippen LogP contribution in [0.4, 0.5) is 11.4 Å². The molecule has 3 N–H and O–H groups in total. The first-order valence-corrected chi connectivity index (χ1v) is 12.9. The lowest BCUT2D eigenvalue weighted by atomic mass is 9.98. The molecule has 194 valence electrons. The number of aromatic carboxylic acids is 1. The number of benzene rings is 4. The Balaban J connectivity index is 1.23. The Labute approximate surface area is 227 Å². The van der Waals surface area contributed by atoms with Crippen molar-refractivity contribution in [1.82, 2.24) is 5.32 Å². The van der Waals surface area contributed by atoms with Gasteiger partial charge in [0.25, 0.3) is 11.8 Å². The fourth-order valence-electron chi connectivity index (χ4n) is 4.19. The summed E-state index contributed by atoms with van der Waals surface area (Å²) in [5.74, 6) is -1.74. The summed E-state index contributed by atoms with van der Waals surface area (Å²) < 4.78 is 0. The largest absolute Gasteiger partial charge is 0.478 e. The highest BCUT2D eigenvalue weighted by Gasteiger charge is 2.26. The van der Waals surface area contributed by atoms with Crippen molar-refractivity contribution in [3.63, 3.8) is 0 Å². The zero-order chi connectivity index (χ0) is 27.4. The Bertz CT molecular complexity index is 1630. The molecule has 0 saturated carbocycles.